The number of nitrogens with one attached hydrogen (secondary N) is 1. The average molecular weight is 483 g/mol. The molecule has 176 valence electrons. The van der Waals surface area contributed by atoms with Gasteiger partial charge in [-0.15, -0.1) is 0 Å². The molecule has 0 radical (unpaired) electrons. The molecule has 1 N–H and O–H groups in total. The van der Waals surface area contributed by atoms with Gasteiger partial charge in [0.15, 0.2) is 18.1 Å². The van der Waals surface area contributed by atoms with E-state index in [1.165, 1.54) is 6.21 Å². The highest BCUT2D eigenvalue weighted by Gasteiger charge is 2.13. The number of methoxy groups -OCH3 is 1. The van der Waals surface area contributed by atoms with Crippen molar-refractivity contribution in [3.63, 3.8) is 0 Å². The van der Waals surface area contributed by atoms with E-state index in [0.717, 1.165) is 0 Å². The zero-order valence-corrected chi connectivity index (χ0v) is 19.4. The Hall–Kier alpha value is -4.04. The van der Waals surface area contributed by atoms with Gasteiger partial charge in [0.1, 0.15) is 11.5 Å². The number of carbonyl (C=O) groups is 2. The Morgan fingerprint density at radius 2 is 1.76 bits per heavy atom. The first-order valence-electron chi connectivity index (χ1n) is 10.3. The SMILES string of the molecule is CCOc1cc(/C=N\NC(=O)COc2cccc(Cl)c2)ccc1OC(=O)c1ccc(OC)cc1. The summed E-state index contributed by atoms with van der Waals surface area (Å²) < 4.78 is 21.5. The van der Waals surface area contributed by atoms with Gasteiger partial charge in [-0.1, -0.05) is 17.7 Å². The van der Waals surface area contributed by atoms with Crippen LogP contribution in [0.15, 0.2) is 71.8 Å². The number of esters is 1. The molecule has 8 nitrogen and oxygen atoms in total. The summed E-state index contributed by atoms with van der Waals surface area (Å²) in [7, 11) is 1.55. The van der Waals surface area contributed by atoms with Gasteiger partial charge >= 0.3 is 5.97 Å². The third kappa shape index (κ3) is 7.25. The molecule has 0 aliphatic rings. The second-order valence-electron chi connectivity index (χ2n) is 6.80. The summed E-state index contributed by atoms with van der Waals surface area (Å²) in [6, 6.07) is 18.2. The van der Waals surface area contributed by atoms with Crippen LogP contribution in [0, 0.1) is 0 Å². The second-order valence-corrected chi connectivity index (χ2v) is 7.23. The summed E-state index contributed by atoms with van der Waals surface area (Å²) in [5.74, 6) is 0.775. The molecule has 3 aromatic carbocycles. The average Bonchev–Trinajstić information content (AvgIpc) is 2.84. The van der Waals surface area contributed by atoms with E-state index in [2.05, 4.69) is 10.5 Å². The van der Waals surface area contributed by atoms with Gasteiger partial charge in [-0.05, 0) is 73.2 Å². The Morgan fingerprint density at radius 1 is 0.971 bits per heavy atom. The maximum absolute atomic E-state index is 12.5. The number of halogens is 1. The number of amides is 1. The number of hydrogen-bond donors (Lipinski definition) is 1. The lowest BCUT2D eigenvalue weighted by atomic mass is 10.2. The third-order valence-corrected chi connectivity index (χ3v) is 4.60. The number of hydrogen-bond acceptors (Lipinski definition) is 7. The standard InChI is InChI=1S/C25H23ClN2O6/c1-3-32-23-13-17(15-27-28-24(29)16-33-21-6-4-5-19(26)14-21)7-12-22(23)34-25(30)18-8-10-20(31-2)11-9-18/h4-15H,3,16H2,1-2H3,(H,28,29)/b27-15-. The van der Waals surface area contributed by atoms with Crippen LogP contribution in [0.1, 0.15) is 22.8 Å². The van der Waals surface area contributed by atoms with Crippen LogP contribution in [-0.4, -0.2) is 38.4 Å². The molecule has 0 unspecified atom stereocenters. The van der Waals surface area contributed by atoms with Crippen LogP contribution in [0.2, 0.25) is 5.02 Å². The first kappa shape index (κ1) is 24.6. The molecule has 0 bridgehead atoms. The molecule has 9 heteroatoms. The number of hydrazone groups is 1. The zero-order valence-electron chi connectivity index (χ0n) is 18.6. The topological polar surface area (TPSA) is 95.5 Å². The molecular formula is C25H23ClN2O6. The van der Waals surface area contributed by atoms with Gasteiger partial charge in [0.2, 0.25) is 0 Å². The molecule has 1 amide bonds. The van der Waals surface area contributed by atoms with Crippen molar-refractivity contribution in [3.05, 3.63) is 82.9 Å². The number of benzene rings is 3. The highest BCUT2D eigenvalue weighted by molar-refractivity contribution is 6.30. The van der Waals surface area contributed by atoms with Crippen molar-refractivity contribution in [1.29, 1.82) is 0 Å². The number of ether oxygens (including phenoxy) is 4. The molecule has 0 aromatic heterocycles. The molecule has 3 aromatic rings. The van der Waals surface area contributed by atoms with Crippen molar-refractivity contribution in [1.82, 2.24) is 5.43 Å². The smallest absolute Gasteiger partial charge is 0.343 e. The number of nitrogens with zero attached hydrogens (tertiary/aromatic N) is 1. The molecule has 0 saturated carbocycles. The van der Waals surface area contributed by atoms with Crippen molar-refractivity contribution >= 4 is 29.7 Å². The molecule has 0 atom stereocenters. The molecule has 0 saturated heterocycles. The van der Waals surface area contributed by atoms with E-state index in [-0.39, 0.29) is 12.4 Å². The van der Waals surface area contributed by atoms with Gasteiger partial charge in [-0.2, -0.15) is 5.10 Å². The Bertz CT molecular complexity index is 1160. The van der Waals surface area contributed by atoms with Crippen molar-refractivity contribution < 1.29 is 28.5 Å². The van der Waals surface area contributed by atoms with Crippen LogP contribution in [-0.2, 0) is 4.79 Å². The molecule has 34 heavy (non-hydrogen) atoms. The first-order valence-corrected chi connectivity index (χ1v) is 10.7. The van der Waals surface area contributed by atoms with Gasteiger partial charge in [-0.3, -0.25) is 4.79 Å². The molecule has 0 spiro atoms. The van der Waals surface area contributed by atoms with E-state index in [4.69, 9.17) is 30.5 Å². The number of rotatable bonds is 10. The molecule has 0 aliphatic heterocycles. The summed E-state index contributed by atoms with van der Waals surface area (Å²) in [5.41, 5.74) is 3.38. The van der Waals surface area contributed by atoms with Crippen LogP contribution < -0.4 is 24.4 Å². The van der Waals surface area contributed by atoms with Crippen LogP contribution in [0.3, 0.4) is 0 Å². The second kappa shape index (κ2) is 12.3. The Labute approximate surface area is 202 Å². The Kier molecular flexibility index (Phi) is 8.88. The van der Waals surface area contributed by atoms with E-state index in [0.29, 0.717) is 40.0 Å². The van der Waals surface area contributed by atoms with E-state index < -0.39 is 11.9 Å². The maximum atomic E-state index is 12.5. The molecular weight excluding hydrogens is 460 g/mol. The van der Waals surface area contributed by atoms with Crippen molar-refractivity contribution in [2.45, 2.75) is 6.92 Å². The van der Waals surface area contributed by atoms with Crippen molar-refractivity contribution in [2.24, 2.45) is 5.10 Å². The number of carbonyl (C=O) groups excluding carboxylic acids is 2. The van der Waals surface area contributed by atoms with E-state index in [1.54, 1.807) is 73.8 Å². The van der Waals surface area contributed by atoms with Crippen LogP contribution in [0.25, 0.3) is 0 Å². The largest absolute Gasteiger partial charge is 0.497 e. The van der Waals surface area contributed by atoms with E-state index in [1.807, 2.05) is 6.92 Å². The predicted molar refractivity (Wildman–Crippen MR) is 128 cm³/mol. The zero-order chi connectivity index (χ0) is 24.3. The van der Waals surface area contributed by atoms with Crippen LogP contribution in [0.5, 0.6) is 23.0 Å². The van der Waals surface area contributed by atoms with Gasteiger partial charge in [0.05, 0.1) is 25.5 Å². The third-order valence-electron chi connectivity index (χ3n) is 4.36. The van der Waals surface area contributed by atoms with E-state index >= 15 is 0 Å². The van der Waals surface area contributed by atoms with Gasteiger partial charge in [-0.25, -0.2) is 10.2 Å². The van der Waals surface area contributed by atoms with Crippen LogP contribution >= 0.6 is 11.6 Å². The van der Waals surface area contributed by atoms with Gasteiger partial charge in [0, 0.05) is 5.02 Å². The lowest BCUT2D eigenvalue weighted by Crippen LogP contribution is -2.24. The highest BCUT2D eigenvalue weighted by atomic mass is 35.5. The van der Waals surface area contributed by atoms with Crippen molar-refractivity contribution in [2.75, 3.05) is 20.3 Å². The molecule has 3 rings (SSSR count). The first-order chi connectivity index (χ1) is 16.5. The summed E-state index contributed by atoms with van der Waals surface area (Å²) in [6.45, 7) is 1.96. The summed E-state index contributed by atoms with van der Waals surface area (Å²) in [6.07, 6.45) is 1.44. The van der Waals surface area contributed by atoms with E-state index in [9.17, 15) is 9.59 Å². The fourth-order valence-electron chi connectivity index (χ4n) is 2.76. The summed E-state index contributed by atoms with van der Waals surface area (Å²) in [5, 5.41) is 4.43. The predicted octanol–water partition coefficient (Wildman–Crippen LogP) is 4.50. The minimum atomic E-state index is -0.531. The fraction of sp³-hybridized carbons (Fsp3) is 0.160. The Morgan fingerprint density at radius 3 is 2.47 bits per heavy atom. The fourth-order valence-corrected chi connectivity index (χ4v) is 2.94. The molecule has 0 heterocycles. The van der Waals surface area contributed by atoms with Gasteiger partial charge < -0.3 is 18.9 Å². The highest BCUT2D eigenvalue weighted by Crippen LogP contribution is 2.29. The normalized spacial score (nSPS) is 10.6. The Balaban J connectivity index is 1.59. The lowest BCUT2D eigenvalue weighted by Gasteiger charge is -2.11. The molecule has 0 fully saturated rings. The lowest BCUT2D eigenvalue weighted by molar-refractivity contribution is -0.123. The summed E-state index contributed by atoms with van der Waals surface area (Å²) >= 11 is 5.88. The van der Waals surface area contributed by atoms with Crippen molar-refractivity contribution in [3.8, 4) is 23.0 Å². The monoisotopic (exact) mass is 482 g/mol. The minimum Gasteiger partial charge on any atom is -0.497 e. The minimum absolute atomic E-state index is 0.220. The van der Waals surface area contributed by atoms with Gasteiger partial charge in [0.25, 0.3) is 5.91 Å². The quantitative estimate of drug-likeness (QED) is 0.198. The van der Waals surface area contributed by atoms with Crippen LogP contribution in [0.4, 0.5) is 0 Å². The maximum Gasteiger partial charge on any atom is 0.343 e. The summed E-state index contributed by atoms with van der Waals surface area (Å²) in [4.78, 5) is 24.4. The molecule has 0 aliphatic carbocycles.